The smallest absolute Gasteiger partial charge is 0.271 e. The summed E-state index contributed by atoms with van der Waals surface area (Å²) >= 11 is 0. The van der Waals surface area contributed by atoms with Gasteiger partial charge in [0.25, 0.3) is 5.91 Å². The van der Waals surface area contributed by atoms with Crippen LogP contribution in [0.1, 0.15) is 19.4 Å². The van der Waals surface area contributed by atoms with Crippen molar-refractivity contribution in [2.75, 3.05) is 0 Å². The van der Waals surface area contributed by atoms with Gasteiger partial charge >= 0.3 is 0 Å². The van der Waals surface area contributed by atoms with Crippen molar-refractivity contribution in [2.45, 2.75) is 19.4 Å². The average Bonchev–Trinajstić information content (AvgIpc) is 2.37. The number of hydrogen-bond acceptors (Lipinski definition) is 3. The molecule has 98 valence electrons. The number of nitrogens with one attached hydrogen (secondary N) is 1. The number of nitrogens with zero attached hydrogens (tertiary/aromatic N) is 1. The second-order valence-electron chi connectivity index (χ2n) is 4.86. The molecule has 0 atom stereocenters. The Balaban J connectivity index is 2.11. The Bertz CT molecular complexity index is 627. The van der Waals surface area contributed by atoms with Crippen molar-refractivity contribution < 1.29 is 9.90 Å². The van der Waals surface area contributed by atoms with Gasteiger partial charge in [-0.3, -0.25) is 4.79 Å². The van der Waals surface area contributed by atoms with Gasteiger partial charge < -0.3 is 5.11 Å². The van der Waals surface area contributed by atoms with Crippen molar-refractivity contribution in [2.24, 2.45) is 5.10 Å². The summed E-state index contributed by atoms with van der Waals surface area (Å²) in [6.45, 7) is 2.82. The van der Waals surface area contributed by atoms with E-state index in [9.17, 15) is 9.90 Å². The first-order valence-electron chi connectivity index (χ1n) is 6.01. The minimum Gasteiger partial charge on any atom is -0.381 e. The van der Waals surface area contributed by atoms with Crippen molar-refractivity contribution >= 4 is 22.9 Å². The minimum atomic E-state index is -1.43. The van der Waals surface area contributed by atoms with E-state index in [-0.39, 0.29) is 0 Å². The standard InChI is InChI=1S/C15H16N2O2/c1-15(2,19)14(18)17-16-10-11-7-8-12-5-3-4-6-13(12)9-11/h3-10,19H,1-2H3,(H,17,18)/b16-10+. The number of benzene rings is 2. The molecule has 0 aliphatic rings. The zero-order chi connectivity index (χ0) is 13.9. The molecule has 0 saturated heterocycles. The van der Waals surface area contributed by atoms with Gasteiger partial charge in [0.05, 0.1) is 6.21 Å². The normalized spacial score (nSPS) is 11.9. The summed E-state index contributed by atoms with van der Waals surface area (Å²) in [6, 6.07) is 13.9. The molecule has 0 aliphatic heterocycles. The highest BCUT2D eigenvalue weighted by Crippen LogP contribution is 2.14. The number of aliphatic hydroxyl groups is 1. The van der Waals surface area contributed by atoms with Crippen LogP contribution in [-0.4, -0.2) is 22.8 Å². The molecule has 0 saturated carbocycles. The molecule has 2 aromatic carbocycles. The van der Waals surface area contributed by atoms with Gasteiger partial charge in [-0.05, 0) is 36.2 Å². The van der Waals surface area contributed by atoms with Gasteiger partial charge in [0.1, 0.15) is 5.60 Å². The second-order valence-corrected chi connectivity index (χ2v) is 4.86. The van der Waals surface area contributed by atoms with Crippen LogP contribution in [0.4, 0.5) is 0 Å². The number of hydrazone groups is 1. The molecule has 19 heavy (non-hydrogen) atoms. The maximum Gasteiger partial charge on any atom is 0.271 e. The molecule has 0 fully saturated rings. The third kappa shape index (κ3) is 3.39. The quantitative estimate of drug-likeness (QED) is 0.652. The molecule has 0 aliphatic carbocycles. The summed E-state index contributed by atoms with van der Waals surface area (Å²) in [5.41, 5.74) is 1.75. The van der Waals surface area contributed by atoms with E-state index in [0.717, 1.165) is 16.3 Å². The van der Waals surface area contributed by atoms with E-state index in [1.165, 1.54) is 13.8 Å². The van der Waals surface area contributed by atoms with Gasteiger partial charge in [-0.2, -0.15) is 5.10 Å². The van der Waals surface area contributed by atoms with Crippen LogP contribution in [-0.2, 0) is 4.79 Å². The lowest BCUT2D eigenvalue weighted by molar-refractivity contribution is -0.136. The van der Waals surface area contributed by atoms with Crippen molar-refractivity contribution in [1.29, 1.82) is 0 Å². The van der Waals surface area contributed by atoms with Gasteiger partial charge in [-0.15, -0.1) is 0 Å². The van der Waals surface area contributed by atoms with E-state index in [0.29, 0.717) is 0 Å². The van der Waals surface area contributed by atoms with Crippen LogP contribution in [0.5, 0.6) is 0 Å². The summed E-state index contributed by atoms with van der Waals surface area (Å²) < 4.78 is 0. The van der Waals surface area contributed by atoms with Gasteiger partial charge in [0.15, 0.2) is 0 Å². The van der Waals surface area contributed by atoms with Crippen LogP contribution in [0.15, 0.2) is 47.6 Å². The van der Waals surface area contributed by atoms with Gasteiger partial charge in [-0.1, -0.05) is 36.4 Å². The van der Waals surface area contributed by atoms with Crippen molar-refractivity contribution in [1.82, 2.24) is 5.43 Å². The van der Waals surface area contributed by atoms with E-state index in [1.54, 1.807) is 6.21 Å². The third-order valence-electron chi connectivity index (χ3n) is 2.71. The van der Waals surface area contributed by atoms with E-state index >= 15 is 0 Å². The van der Waals surface area contributed by atoms with Gasteiger partial charge in [0, 0.05) is 0 Å². The molecule has 0 spiro atoms. The van der Waals surface area contributed by atoms with E-state index < -0.39 is 11.5 Å². The number of carbonyl (C=O) groups is 1. The molecule has 0 bridgehead atoms. The van der Waals surface area contributed by atoms with Crippen LogP contribution in [0.2, 0.25) is 0 Å². The number of amides is 1. The Labute approximate surface area is 111 Å². The highest BCUT2D eigenvalue weighted by molar-refractivity contribution is 5.91. The van der Waals surface area contributed by atoms with Crippen LogP contribution in [0.25, 0.3) is 10.8 Å². The first-order chi connectivity index (χ1) is 8.97. The minimum absolute atomic E-state index is 0.537. The number of rotatable bonds is 3. The molecule has 4 nitrogen and oxygen atoms in total. The highest BCUT2D eigenvalue weighted by atomic mass is 16.3. The number of fused-ring (bicyclic) bond motifs is 1. The zero-order valence-corrected chi connectivity index (χ0v) is 10.9. The largest absolute Gasteiger partial charge is 0.381 e. The fraction of sp³-hybridized carbons (Fsp3) is 0.200. The summed E-state index contributed by atoms with van der Waals surface area (Å²) in [5.74, 6) is -0.537. The summed E-state index contributed by atoms with van der Waals surface area (Å²) in [4.78, 5) is 11.4. The summed E-state index contributed by atoms with van der Waals surface area (Å²) in [5, 5.41) is 15.5. The lowest BCUT2D eigenvalue weighted by Crippen LogP contribution is -2.39. The lowest BCUT2D eigenvalue weighted by Gasteiger charge is -2.13. The summed E-state index contributed by atoms with van der Waals surface area (Å²) in [6.07, 6.45) is 1.55. The van der Waals surface area contributed by atoms with Crippen LogP contribution in [0, 0.1) is 0 Å². The fourth-order valence-electron chi connectivity index (χ4n) is 1.59. The van der Waals surface area contributed by atoms with Crippen LogP contribution < -0.4 is 5.43 Å². The Morgan fingerprint density at radius 3 is 2.58 bits per heavy atom. The Morgan fingerprint density at radius 1 is 1.21 bits per heavy atom. The third-order valence-corrected chi connectivity index (χ3v) is 2.71. The highest BCUT2D eigenvalue weighted by Gasteiger charge is 2.22. The maximum atomic E-state index is 11.4. The molecular formula is C15H16N2O2. The number of hydrogen-bond donors (Lipinski definition) is 2. The molecule has 1 amide bonds. The lowest BCUT2D eigenvalue weighted by atomic mass is 10.1. The molecule has 2 rings (SSSR count). The Morgan fingerprint density at radius 2 is 1.89 bits per heavy atom. The monoisotopic (exact) mass is 256 g/mol. The van der Waals surface area contributed by atoms with Gasteiger partial charge in [-0.25, -0.2) is 5.43 Å². The Kier molecular flexibility index (Phi) is 3.62. The average molecular weight is 256 g/mol. The molecule has 0 heterocycles. The molecule has 0 aromatic heterocycles. The Hall–Kier alpha value is -2.20. The first-order valence-corrected chi connectivity index (χ1v) is 6.01. The zero-order valence-electron chi connectivity index (χ0n) is 10.9. The maximum absolute atomic E-state index is 11.4. The van der Waals surface area contributed by atoms with E-state index in [1.807, 2.05) is 42.5 Å². The molecule has 2 N–H and O–H groups in total. The fourth-order valence-corrected chi connectivity index (χ4v) is 1.59. The van der Waals surface area contributed by atoms with Crippen molar-refractivity contribution in [3.8, 4) is 0 Å². The van der Waals surface area contributed by atoms with E-state index in [4.69, 9.17) is 0 Å². The van der Waals surface area contributed by atoms with Crippen molar-refractivity contribution in [3.05, 3.63) is 48.0 Å². The number of carbonyl (C=O) groups excluding carboxylic acids is 1. The van der Waals surface area contributed by atoms with Crippen LogP contribution >= 0.6 is 0 Å². The predicted molar refractivity (Wildman–Crippen MR) is 76.0 cm³/mol. The summed E-state index contributed by atoms with van der Waals surface area (Å²) in [7, 11) is 0. The molecule has 4 heteroatoms. The SMILES string of the molecule is CC(C)(O)C(=O)N/N=C/c1ccc2ccccc2c1. The van der Waals surface area contributed by atoms with Gasteiger partial charge in [0.2, 0.25) is 0 Å². The molecule has 2 aromatic rings. The van der Waals surface area contributed by atoms with Crippen LogP contribution in [0.3, 0.4) is 0 Å². The first kappa shape index (κ1) is 13.2. The molecular weight excluding hydrogens is 240 g/mol. The molecule has 0 unspecified atom stereocenters. The predicted octanol–water partition coefficient (Wildman–Crippen LogP) is 2.06. The molecule has 0 radical (unpaired) electrons. The second kappa shape index (κ2) is 5.20. The van der Waals surface area contributed by atoms with E-state index in [2.05, 4.69) is 10.5 Å². The topological polar surface area (TPSA) is 61.7 Å². The van der Waals surface area contributed by atoms with Crippen molar-refractivity contribution in [3.63, 3.8) is 0 Å².